The van der Waals surface area contributed by atoms with E-state index in [4.69, 9.17) is 4.74 Å². The summed E-state index contributed by atoms with van der Waals surface area (Å²) in [6.45, 7) is 2.18. The molecule has 134 valence electrons. The van der Waals surface area contributed by atoms with Gasteiger partial charge in [-0.25, -0.2) is 4.79 Å². The monoisotopic (exact) mass is 356 g/mol. The first kappa shape index (κ1) is 17.5. The fourth-order valence-electron chi connectivity index (χ4n) is 3.75. The zero-order valence-corrected chi connectivity index (χ0v) is 14.7. The van der Waals surface area contributed by atoms with Crippen molar-refractivity contribution in [2.24, 2.45) is 5.92 Å². The van der Waals surface area contributed by atoms with E-state index in [2.05, 4.69) is 0 Å². The normalized spacial score (nSPS) is 31.5. The summed E-state index contributed by atoms with van der Waals surface area (Å²) in [5.41, 5.74) is 0. The van der Waals surface area contributed by atoms with Crippen molar-refractivity contribution in [3.63, 3.8) is 0 Å². The highest BCUT2D eigenvalue weighted by Crippen LogP contribution is 2.31. The average molecular weight is 356 g/mol. The van der Waals surface area contributed by atoms with Gasteiger partial charge in [0.05, 0.1) is 18.5 Å². The molecule has 0 aromatic rings. The maximum absolute atomic E-state index is 12.9. The SMILES string of the molecule is C[C@@H]1CN(C(=O)C2CSCN2C(=O)C2CCCC2)CC(C(=O)O)O1. The first-order valence-electron chi connectivity index (χ1n) is 8.52. The minimum Gasteiger partial charge on any atom is -0.479 e. The summed E-state index contributed by atoms with van der Waals surface area (Å²) in [6, 6.07) is -0.470. The van der Waals surface area contributed by atoms with Gasteiger partial charge in [-0.05, 0) is 19.8 Å². The topological polar surface area (TPSA) is 87.2 Å². The summed E-state index contributed by atoms with van der Waals surface area (Å²) in [5.74, 6) is 0.0718. The summed E-state index contributed by atoms with van der Waals surface area (Å²) in [6.07, 6.45) is 2.67. The van der Waals surface area contributed by atoms with Gasteiger partial charge in [-0.2, -0.15) is 0 Å². The Labute approximate surface area is 145 Å². The van der Waals surface area contributed by atoms with Crippen LogP contribution in [0.2, 0.25) is 0 Å². The van der Waals surface area contributed by atoms with Crippen LogP contribution in [0.5, 0.6) is 0 Å². The molecule has 2 amide bonds. The molecular formula is C16H24N2O5S. The Balaban J connectivity index is 1.68. The zero-order chi connectivity index (χ0) is 17.3. The molecule has 1 aliphatic carbocycles. The Morgan fingerprint density at radius 2 is 1.83 bits per heavy atom. The Kier molecular flexibility index (Phi) is 5.34. The average Bonchev–Trinajstić information content (AvgIpc) is 3.24. The highest BCUT2D eigenvalue weighted by molar-refractivity contribution is 7.99. The molecule has 0 radical (unpaired) electrons. The van der Waals surface area contributed by atoms with Crippen LogP contribution in [0.3, 0.4) is 0 Å². The van der Waals surface area contributed by atoms with Crippen LogP contribution in [0, 0.1) is 5.92 Å². The molecular weight excluding hydrogens is 332 g/mol. The van der Waals surface area contributed by atoms with Gasteiger partial charge in [-0.1, -0.05) is 12.8 Å². The number of thioether (sulfide) groups is 1. The van der Waals surface area contributed by atoms with Crippen molar-refractivity contribution in [1.29, 1.82) is 0 Å². The summed E-state index contributed by atoms with van der Waals surface area (Å²) >= 11 is 1.59. The molecule has 3 atom stereocenters. The molecule has 1 N–H and O–H groups in total. The van der Waals surface area contributed by atoms with E-state index in [-0.39, 0.29) is 30.4 Å². The second kappa shape index (κ2) is 7.31. The molecule has 3 fully saturated rings. The first-order chi connectivity index (χ1) is 11.5. The van der Waals surface area contributed by atoms with Crippen molar-refractivity contribution in [2.75, 3.05) is 24.7 Å². The fraction of sp³-hybridized carbons (Fsp3) is 0.812. The number of carbonyl (C=O) groups excluding carboxylic acids is 2. The van der Waals surface area contributed by atoms with E-state index in [0.717, 1.165) is 25.7 Å². The van der Waals surface area contributed by atoms with Crippen LogP contribution in [-0.2, 0) is 19.1 Å². The second-order valence-corrected chi connectivity index (χ2v) is 7.82. The first-order valence-corrected chi connectivity index (χ1v) is 9.68. The van der Waals surface area contributed by atoms with Gasteiger partial charge in [0.1, 0.15) is 6.04 Å². The smallest absolute Gasteiger partial charge is 0.334 e. The van der Waals surface area contributed by atoms with E-state index in [1.54, 1.807) is 28.5 Å². The Morgan fingerprint density at radius 3 is 2.50 bits per heavy atom. The highest BCUT2D eigenvalue weighted by Gasteiger charge is 2.42. The molecule has 7 nitrogen and oxygen atoms in total. The summed E-state index contributed by atoms with van der Waals surface area (Å²) in [5, 5.41) is 9.17. The molecule has 24 heavy (non-hydrogen) atoms. The van der Waals surface area contributed by atoms with Crippen LogP contribution < -0.4 is 0 Å². The molecule has 0 aromatic heterocycles. The number of nitrogens with zero attached hydrogens (tertiary/aromatic N) is 2. The third-order valence-corrected chi connectivity index (χ3v) is 6.01. The maximum Gasteiger partial charge on any atom is 0.334 e. The predicted molar refractivity (Wildman–Crippen MR) is 88.5 cm³/mol. The van der Waals surface area contributed by atoms with Gasteiger partial charge in [0.25, 0.3) is 0 Å². The summed E-state index contributed by atoms with van der Waals surface area (Å²) in [4.78, 5) is 40.1. The van der Waals surface area contributed by atoms with Gasteiger partial charge in [0, 0.05) is 18.2 Å². The molecule has 2 saturated heterocycles. The molecule has 8 heteroatoms. The zero-order valence-electron chi connectivity index (χ0n) is 13.8. The number of rotatable bonds is 3. The number of carboxylic acids is 1. The summed E-state index contributed by atoms with van der Waals surface area (Å²) < 4.78 is 5.37. The number of hydrogen-bond acceptors (Lipinski definition) is 5. The van der Waals surface area contributed by atoms with E-state index < -0.39 is 18.1 Å². The molecule has 0 bridgehead atoms. The molecule has 2 heterocycles. The van der Waals surface area contributed by atoms with Crippen LogP contribution in [0.25, 0.3) is 0 Å². The molecule has 2 aliphatic heterocycles. The van der Waals surface area contributed by atoms with E-state index in [9.17, 15) is 19.5 Å². The number of aliphatic carboxylic acids is 1. The van der Waals surface area contributed by atoms with Crippen molar-refractivity contribution in [2.45, 2.75) is 50.9 Å². The highest BCUT2D eigenvalue weighted by atomic mass is 32.2. The van der Waals surface area contributed by atoms with E-state index in [1.807, 2.05) is 0 Å². The lowest BCUT2D eigenvalue weighted by molar-refractivity contribution is -0.168. The van der Waals surface area contributed by atoms with Gasteiger partial charge >= 0.3 is 5.97 Å². The third kappa shape index (κ3) is 3.54. The van der Waals surface area contributed by atoms with Gasteiger partial charge < -0.3 is 19.6 Å². The predicted octanol–water partition coefficient (Wildman–Crippen LogP) is 0.779. The van der Waals surface area contributed by atoms with Gasteiger partial charge in [0.2, 0.25) is 11.8 Å². The fourth-order valence-corrected chi connectivity index (χ4v) is 4.91. The quantitative estimate of drug-likeness (QED) is 0.804. The van der Waals surface area contributed by atoms with Crippen LogP contribution in [0.4, 0.5) is 0 Å². The van der Waals surface area contributed by atoms with Crippen molar-refractivity contribution < 1.29 is 24.2 Å². The largest absolute Gasteiger partial charge is 0.479 e. The van der Waals surface area contributed by atoms with Gasteiger partial charge in [0.15, 0.2) is 6.10 Å². The van der Waals surface area contributed by atoms with E-state index >= 15 is 0 Å². The van der Waals surface area contributed by atoms with Crippen LogP contribution in [-0.4, -0.2) is 75.7 Å². The number of morpholine rings is 1. The number of ether oxygens (including phenoxy) is 1. The molecule has 2 unspecified atom stereocenters. The number of carboxylic acid groups (broad SMARTS) is 1. The summed E-state index contributed by atoms with van der Waals surface area (Å²) in [7, 11) is 0. The minimum atomic E-state index is -1.06. The van der Waals surface area contributed by atoms with Crippen LogP contribution >= 0.6 is 11.8 Å². The van der Waals surface area contributed by atoms with Crippen LogP contribution in [0.1, 0.15) is 32.6 Å². The van der Waals surface area contributed by atoms with Crippen molar-refractivity contribution in [3.05, 3.63) is 0 Å². The van der Waals surface area contributed by atoms with E-state index in [1.165, 1.54) is 0 Å². The van der Waals surface area contributed by atoms with Crippen molar-refractivity contribution in [3.8, 4) is 0 Å². The van der Waals surface area contributed by atoms with Gasteiger partial charge in [-0.3, -0.25) is 9.59 Å². The molecule has 3 rings (SSSR count). The van der Waals surface area contributed by atoms with Crippen LogP contribution in [0.15, 0.2) is 0 Å². The lowest BCUT2D eigenvalue weighted by Gasteiger charge is -2.37. The third-order valence-electron chi connectivity index (χ3n) is 5.00. The van der Waals surface area contributed by atoms with Gasteiger partial charge in [-0.15, -0.1) is 11.8 Å². The standard InChI is InChI=1S/C16H24N2O5S/c1-10-6-17(7-13(23-10)16(21)22)15(20)12-8-24-9-18(12)14(19)11-4-2-3-5-11/h10-13H,2-9H2,1H3,(H,21,22)/t10-,12?,13?/m1/s1. The minimum absolute atomic E-state index is 0.0468. The lowest BCUT2D eigenvalue weighted by atomic mass is 10.1. The number of hydrogen-bond donors (Lipinski definition) is 1. The number of carbonyl (C=O) groups is 3. The second-order valence-electron chi connectivity index (χ2n) is 6.82. The van der Waals surface area contributed by atoms with Crippen molar-refractivity contribution in [1.82, 2.24) is 9.80 Å². The Morgan fingerprint density at radius 1 is 1.12 bits per heavy atom. The lowest BCUT2D eigenvalue weighted by Crippen LogP contribution is -2.57. The molecule has 3 aliphatic rings. The number of amides is 2. The molecule has 0 spiro atoms. The molecule has 1 saturated carbocycles. The molecule has 0 aromatic carbocycles. The Bertz CT molecular complexity index is 523. The van der Waals surface area contributed by atoms with E-state index in [0.29, 0.717) is 18.2 Å². The Hall–Kier alpha value is -1.28. The maximum atomic E-state index is 12.9. The van der Waals surface area contributed by atoms with Crippen molar-refractivity contribution >= 4 is 29.5 Å².